The quantitative estimate of drug-likeness (QED) is 0.418. The van der Waals surface area contributed by atoms with Crippen LogP contribution in [0.5, 0.6) is 17.2 Å². The van der Waals surface area contributed by atoms with Crippen LogP contribution in [0, 0.1) is 0 Å². The summed E-state index contributed by atoms with van der Waals surface area (Å²) in [6, 6.07) is 11.7. The van der Waals surface area contributed by atoms with Crippen LogP contribution in [0.1, 0.15) is 25.0 Å². The molecule has 2 aromatic carbocycles. The number of benzene rings is 2. The number of carbonyl (C=O) groups excluding carboxylic acids is 1. The summed E-state index contributed by atoms with van der Waals surface area (Å²) in [5, 5.41) is 3.23. The van der Waals surface area contributed by atoms with Gasteiger partial charge in [0, 0.05) is 6.54 Å². The molecule has 9 heteroatoms. The maximum atomic E-state index is 12.8. The highest BCUT2D eigenvalue weighted by atomic mass is 32.1. The van der Waals surface area contributed by atoms with Gasteiger partial charge in [0.15, 0.2) is 16.6 Å². The minimum absolute atomic E-state index is 0.0479. The lowest BCUT2D eigenvalue weighted by atomic mass is 10.1. The first kappa shape index (κ1) is 23.5. The van der Waals surface area contributed by atoms with Crippen molar-refractivity contribution in [2.24, 2.45) is 0 Å². The third kappa shape index (κ3) is 5.94. The fourth-order valence-corrected chi connectivity index (χ4v) is 3.46. The Bertz CT molecular complexity index is 996. The highest BCUT2D eigenvalue weighted by molar-refractivity contribution is 7.80. The molecule has 2 aromatic rings. The molecule has 1 saturated heterocycles. The summed E-state index contributed by atoms with van der Waals surface area (Å²) in [7, 11) is 0. The number of ether oxygens (including phenoxy) is 3. The number of rotatable bonds is 10. The van der Waals surface area contributed by atoms with E-state index in [4.69, 9.17) is 21.7 Å². The van der Waals surface area contributed by atoms with Crippen LogP contribution in [0.15, 0.2) is 48.2 Å². The molecular weight excluding hydrogens is 438 g/mol. The van der Waals surface area contributed by atoms with Crippen molar-refractivity contribution in [3.8, 4) is 17.2 Å². The van der Waals surface area contributed by atoms with Crippen LogP contribution in [0.3, 0.4) is 0 Å². The first-order chi connectivity index (χ1) is 15.4. The second kappa shape index (κ2) is 10.9. The number of nitrogens with one attached hydrogen (secondary N) is 1. The Balaban J connectivity index is 1.66. The van der Waals surface area contributed by atoms with E-state index in [0.717, 1.165) is 5.56 Å². The second-order valence-electron chi connectivity index (χ2n) is 6.79. The van der Waals surface area contributed by atoms with E-state index in [1.807, 2.05) is 32.0 Å². The zero-order valence-corrected chi connectivity index (χ0v) is 18.6. The Kier molecular flexibility index (Phi) is 7.99. The van der Waals surface area contributed by atoms with Crippen LogP contribution < -0.4 is 19.5 Å². The van der Waals surface area contributed by atoms with E-state index in [0.29, 0.717) is 54.1 Å². The molecule has 3 rings (SSSR count). The molecule has 1 amide bonds. The lowest BCUT2D eigenvalue weighted by Crippen LogP contribution is -2.32. The molecule has 1 fully saturated rings. The van der Waals surface area contributed by atoms with Crippen molar-refractivity contribution >= 4 is 29.3 Å². The lowest BCUT2D eigenvalue weighted by molar-refractivity contribution is -0.122. The van der Waals surface area contributed by atoms with E-state index in [2.05, 4.69) is 10.1 Å². The molecule has 1 aliphatic heterocycles. The topological polar surface area (TPSA) is 60.0 Å². The van der Waals surface area contributed by atoms with Crippen LogP contribution in [0.2, 0.25) is 0 Å². The SMILES string of the molecule is CCOc1ccc(CCN2C(=O)/C(=C\c3ccc(OC(F)F)cc3)NC2=S)cc1OCC. The number of hydrogen-bond acceptors (Lipinski definition) is 5. The fourth-order valence-electron chi connectivity index (χ4n) is 3.18. The van der Waals surface area contributed by atoms with Crippen LogP contribution >= 0.6 is 12.2 Å². The first-order valence-corrected chi connectivity index (χ1v) is 10.6. The van der Waals surface area contributed by atoms with Gasteiger partial charge in [-0.25, -0.2) is 0 Å². The fraction of sp³-hybridized carbons (Fsp3) is 0.304. The predicted molar refractivity (Wildman–Crippen MR) is 121 cm³/mol. The minimum atomic E-state index is -2.89. The number of nitrogens with zero attached hydrogens (tertiary/aromatic N) is 1. The van der Waals surface area contributed by atoms with Crippen molar-refractivity contribution < 1.29 is 27.8 Å². The zero-order chi connectivity index (χ0) is 23.1. The molecular formula is C23H24F2N2O4S. The summed E-state index contributed by atoms with van der Waals surface area (Å²) in [5.41, 5.74) is 1.96. The molecule has 1 aliphatic rings. The van der Waals surface area contributed by atoms with Crippen LogP contribution in [-0.2, 0) is 11.2 Å². The Morgan fingerprint density at radius 3 is 2.41 bits per heavy atom. The molecule has 0 aliphatic carbocycles. The van der Waals surface area contributed by atoms with Crippen molar-refractivity contribution in [2.75, 3.05) is 19.8 Å². The third-order valence-electron chi connectivity index (χ3n) is 4.61. The molecule has 0 atom stereocenters. The largest absolute Gasteiger partial charge is 0.490 e. The van der Waals surface area contributed by atoms with Gasteiger partial charge in [0.05, 0.1) is 13.2 Å². The standard InChI is InChI=1S/C23H24F2N2O4S/c1-3-29-19-10-7-16(14-20(19)30-4-2)11-12-27-21(28)18(26-23(27)32)13-15-5-8-17(9-6-15)31-22(24)25/h5-10,13-14,22H,3-4,11-12H2,1-2H3,(H,26,32)/b18-13+. The zero-order valence-electron chi connectivity index (χ0n) is 17.8. The van der Waals surface area contributed by atoms with Gasteiger partial charge in [-0.05, 0) is 74.0 Å². The summed E-state index contributed by atoms with van der Waals surface area (Å²) < 4.78 is 40.1. The van der Waals surface area contributed by atoms with Gasteiger partial charge in [-0.3, -0.25) is 9.69 Å². The predicted octanol–water partition coefficient (Wildman–Crippen LogP) is 4.39. The van der Waals surface area contributed by atoms with E-state index in [1.54, 1.807) is 18.2 Å². The van der Waals surface area contributed by atoms with Gasteiger partial charge < -0.3 is 19.5 Å². The number of halogens is 2. The monoisotopic (exact) mass is 462 g/mol. The maximum Gasteiger partial charge on any atom is 0.387 e. The van der Waals surface area contributed by atoms with E-state index < -0.39 is 6.61 Å². The van der Waals surface area contributed by atoms with Gasteiger partial charge >= 0.3 is 6.61 Å². The molecule has 1 N–H and O–H groups in total. The molecule has 0 aromatic heterocycles. The third-order valence-corrected chi connectivity index (χ3v) is 4.93. The normalized spacial score (nSPS) is 14.8. The average Bonchev–Trinajstić information content (AvgIpc) is 3.02. The summed E-state index contributed by atoms with van der Waals surface area (Å²) in [6.07, 6.45) is 2.19. The van der Waals surface area contributed by atoms with Crippen LogP contribution in [-0.4, -0.2) is 42.3 Å². The lowest BCUT2D eigenvalue weighted by Gasteiger charge is -2.15. The van der Waals surface area contributed by atoms with Gasteiger partial charge in [-0.2, -0.15) is 8.78 Å². The van der Waals surface area contributed by atoms with Crippen molar-refractivity contribution in [3.05, 3.63) is 59.3 Å². The number of amides is 1. The summed E-state index contributed by atoms with van der Waals surface area (Å²) in [4.78, 5) is 14.3. The molecule has 1 heterocycles. The van der Waals surface area contributed by atoms with Gasteiger partial charge in [0.25, 0.3) is 5.91 Å². The number of carbonyl (C=O) groups is 1. The number of alkyl halides is 2. The molecule has 0 radical (unpaired) electrons. The van der Waals surface area contributed by atoms with Crippen molar-refractivity contribution in [3.63, 3.8) is 0 Å². The van der Waals surface area contributed by atoms with E-state index in [-0.39, 0.29) is 11.7 Å². The Morgan fingerprint density at radius 2 is 1.75 bits per heavy atom. The Morgan fingerprint density at radius 1 is 1.06 bits per heavy atom. The van der Waals surface area contributed by atoms with Crippen molar-refractivity contribution in [1.29, 1.82) is 0 Å². The smallest absolute Gasteiger partial charge is 0.387 e. The van der Waals surface area contributed by atoms with Gasteiger partial charge in [0.1, 0.15) is 11.4 Å². The second-order valence-corrected chi connectivity index (χ2v) is 7.18. The van der Waals surface area contributed by atoms with Crippen molar-refractivity contribution in [1.82, 2.24) is 10.2 Å². The Hall–Kier alpha value is -3.20. The molecule has 170 valence electrons. The number of hydrogen-bond donors (Lipinski definition) is 1. The highest BCUT2D eigenvalue weighted by Crippen LogP contribution is 2.29. The van der Waals surface area contributed by atoms with Crippen LogP contribution in [0.4, 0.5) is 8.78 Å². The molecule has 6 nitrogen and oxygen atoms in total. The molecule has 0 spiro atoms. The van der Waals surface area contributed by atoms with E-state index in [1.165, 1.54) is 17.0 Å². The molecule has 0 saturated carbocycles. The van der Waals surface area contributed by atoms with Gasteiger partial charge in [-0.1, -0.05) is 18.2 Å². The Labute approximate surface area is 190 Å². The summed E-state index contributed by atoms with van der Waals surface area (Å²) in [5.74, 6) is 1.15. The number of thiocarbonyl (C=S) groups is 1. The summed E-state index contributed by atoms with van der Waals surface area (Å²) in [6.45, 7) is 2.38. The van der Waals surface area contributed by atoms with Crippen LogP contribution in [0.25, 0.3) is 6.08 Å². The molecule has 0 bridgehead atoms. The summed E-state index contributed by atoms with van der Waals surface area (Å²) >= 11 is 5.32. The van der Waals surface area contributed by atoms with E-state index in [9.17, 15) is 13.6 Å². The van der Waals surface area contributed by atoms with E-state index >= 15 is 0 Å². The minimum Gasteiger partial charge on any atom is -0.490 e. The highest BCUT2D eigenvalue weighted by Gasteiger charge is 2.30. The average molecular weight is 463 g/mol. The molecule has 0 unspecified atom stereocenters. The first-order valence-electron chi connectivity index (χ1n) is 10.2. The van der Waals surface area contributed by atoms with Gasteiger partial charge in [-0.15, -0.1) is 0 Å². The van der Waals surface area contributed by atoms with Crippen molar-refractivity contribution in [2.45, 2.75) is 26.9 Å². The van der Waals surface area contributed by atoms with Gasteiger partial charge in [0.2, 0.25) is 0 Å². The maximum absolute atomic E-state index is 12.8. The molecule has 32 heavy (non-hydrogen) atoms.